The SMILES string of the molecule is [As].[CH3][Ge]([CH3])[CH3].[CH3][Ge]([CH3])[CH3].[CH3][Ge]([CH3])[CH3]. The van der Waals surface area contributed by atoms with Crippen molar-refractivity contribution >= 4 is 61.0 Å². The molecule has 4 heteroatoms. The van der Waals surface area contributed by atoms with E-state index in [-0.39, 0.29) is 61.0 Å². The normalized spacial score (nSPS) is 8.31. The Morgan fingerprint density at radius 3 is 0.385 bits per heavy atom. The second-order valence-electron chi connectivity index (χ2n) is 4.50. The van der Waals surface area contributed by atoms with Crippen LogP contribution in [0, 0.1) is 0 Å². The van der Waals surface area contributed by atoms with Crippen molar-refractivity contribution in [1.29, 1.82) is 0 Å². The van der Waals surface area contributed by atoms with Crippen LogP contribution in [0.3, 0.4) is 0 Å². The van der Waals surface area contributed by atoms with Crippen LogP contribution in [-0.4, -0.2) is 61.0 Å². The molecule has 0 saturated heterocycles. The van der Waals surface area contributed by atoms with E-state index >= 15 is 0 Å². The predicted molar refractivity (Wildman–Crippen MR) is 75.8 cm³/mol. The molecule has 0 atom stereocenters. The molecule has 0 fully saturated rings. The van der Waals surface area contributed by atoms with E-state index in [9.17, 15) is 0 Å². The second kappa shape index (κ2) is 19.7. The number of rotatable bonds is 0. The summed E-state index contributed by atoms with van der Waals surface area (Å²) < 4.78 is 0. The van der Waals surface area contributed by atoms with E-state index in [4.69, 9.17) is 0 Å². The minimum absolute atomic E-state index is 0. The molecule has 0 N–H and O–H groups in total. The molecule has 0 bridgehead atoms. The fraction of sp³-hybridized carbons (Fsp3) is 1.00. The van der Waals surface area contributed by atoms with Gasteiger partial charge >= 0.3 is 94.9 Å². The van der Waals surface area contributed by atoms with E-state index in [1.54, 1.807) is 0 Å². The molecule has 0 nitrogen and oxygen atoms in total. The third-order valence-corrected chi connectivity index (χ3v) is 0. The summed E-state index contributed by atoms with van der Waals surface area (Å²) >= 11 is -1.00. The van der Waals surface area contributed by atoms with Crippen LogP contribution in [0.25, 0.3) is 0 Å². The monoisotopic (exact) mass is 432 g/mol. The third-order valence-electron chi connectivity index (χ3n) is 0. The van der Waals surface area contributed by atoms with Crippen LogP contribution < -0.4 is 0 Å². The number of hydrogen-bond acceptors (Lipinski definition) is 0. The van der Waals surface area contributed by atoms with Crippen LogP contribution in [0.15, 0.2) is 0 Å². The molecule has 0 rings (SSSR count). The first kappa shape index (κ1) is 24.4. The maximum atomic E-state index is 2.33. The van der Waals surface area contributed by atoms with E-state index < -0.39 is 0 Å². The Morgan fingerprint density at radius 2 is 0.385 bits per heavy atom. The van der Waals surface area contributed by atoms with Gasteiger partial charge in [-0.25, -0.2) is 0 Å². The first-order valence-electron chi connectivity index (χ1n) is 4.50. The molecule has 0 unspecified atom stereocenters. The van der Waals surface area contributed by atoms with Crippen LogP contribution in [0.5, 0.6) is 0 Å². The van der Waals surface area contributed by atoms with Crippen molar-refractivity contribution in [1.82, 2.24) is 0 Å². The molecule has 0 aliphatic heterocycles. The van der Waals surface area contributed by atoms with Crippen molar-refractivity contribution < 1.29 is 0 Å². The molecule has 0 amide bonds. The molecule has 0 aliphatic rings. The van der Waals surface area contributed by atoms with Crippen LogP contribution in [0.4, 0.5) is 0 Å². The van der Waals surface area contributed by atoms with Crippen LogP contribution >= 0.6 is 0 Å². The molecule has 0 spiro atoms. The Hall–Kier alpha value is 2.19. The maximum absolute atomic E-state index is 2.33. The topological polar surface area (TPSA) is 0 Å². The molecule has 0 aromatic carbocycles. The molecule has 0 saturated carbocycles. The van der Waals surface area contributed by atoms with Crippen molar-refractivity contribution in [3.8, 4) is 0 Å². The summed E-state index contributed by atoms with van der Waals surface area (Å²) in [5.41, 5.74) is 0. The van der Waals surface area contributed by atoms with Gasteiger partial charge in [0.2, 0.25) is 0 Å². The Morgan fingerprint density at radius 1 is 0.385 bits per heavy atom. The average Bonchev–Trinajstić information content (AvgIpc) is 1.54. The summed E-state index contributed by atoms with van der Waals surface area (Å²) in [5.74, 6) is 21.0. The van der Waals surface area contributed by atoms with E-state index in [2.05, 4.69) is 51.8 Å². The van der Waals surface area contributed by atoms with Gasteiger partial charge in [-0.05, 0) is 0 Å². The molecule has 0 aromatic heterocycles. The van der Waals surface area contributed by atoms with Crippen LogP contribution in [0.1, 0.15) is 0 Å². The summed E-state index contributed by atoms with van der Waals surface area (Å²) in [7, 11) is 0. The first-order valence-corrected chi connectivity index (χ1v) is 23.4. The van der Waals surface area contributed by atoms with Crippen molar-refractivity contribution in [2.45, 2.75) is 51.8 Å². The van der Waals surface area contributed by atoms with Gasteiger partial charge in [0, 0.05) is 18.0 Å². The van der Waals surface area contributed by atoms with Gasteiger partial charge in [-0.2, -0.15) is 0 Å². The first-order chi connectivity index (χ1) is 5.20. The zero-order valence-electron chi connectivity index (χ0n) is 10.9. The van der Waals surface area contributed by atoms with Gasteiger partial charge in [0.15, 0.2) is 0 Å². The van der Waals surface area contributed by atoms with Crippen molar-refractivity contribution in [2.75, 3.05) is 0 Å². The molecule has 6 radical (unpaired) electrons. The summed E-state index contributed by atoms with van der Waals surface area (Å²) in [4.78, 5) is 0. The fourth-order valence-electron chi connectivity index (χ4n) is 0. The average molecular weight is 428 g/mol. The zero-order chi connectivity index (χ0) is 10.7. The van der Waals surface area contributed by atoms with Crippen LogP contribution in [-0.2, 0) is 0 Å². The minimum atomic E-state index is -0.333. The number of hydrogen-bond donors (Lipinski definition) is 0. The summed E-state index contributed by atoms with van der Waals surface area (Å²) in [6.07, 6.45) is 0. The quantitative estimate of drug-likeness (QED) is 0.517. The molecule has 0 heterocycles. The molecular weight excluding hydrogens is 401 g/mol. The van der Waals surface area contributed by atoms with Crippen LogP contribution in [0.2, 0.25) is 51.8 Å². The van der Waals surface area contributed by atoms with Crippen molar-refractivity contribution in [2.24, 2.45) is 0 Å². The zero-order valence-corrected chi connectivity index (χ0v) is 19.1. The van der Waals surface area contributed by atoms with Gasteiger partial charge in [-0.3, -0.25) is 0 Å². The summed E-state index contributed by atoms with van der Waals surface area (Å²) in [6.45, 7) is 0. The van der Waals surface area contributed by atoms with Gasteiger partial charge in [0.05, 0.1) is 0 Å². The second-order valence-corrected chi connectivity index (χ2v) is 23.4. The molecule has 0 aromatic rings. The van der Waals surface area contributed by atoms with Gasteiger partial charge in [-0.15, -0.1) is 0 Å². The van der Waals surface area contributed by atoms with Crippen molar-refractivity contribution in [3.05, 3.63) is 0 Å². The van der Waals surface area contributed by atoms with Gasteiger partial charge < -0.3 is 0 Å². The Balaban J connectivity index is -0.0000000450. The molecule has 13 heavy (non-hydrogen) atoms. The van der Waals surface area contributed by atoms with E-state index in [1.807, 2.05) is 0 Å². The molecular formula is C9H27AsGe3. The summed E-state index contributed by atoms with van der Waals surface area (Å²) in [5, 5.41) is 0. The van der Waals surface area contributed by atoms with E-state index in [0.29, 0.717) is 0 Å². The molecule has 80 valence electrons. The standard InChI is InChI=1S/3C3H9Ge.As/c3*1-4(2)3;/h3*1-3H3;. The Labute approximate surface area is 112 Å². The summed E-state index contributed by atoms with van der Waals surface area (Å²) in [6, 6.07) is 0. The van der Waals surface area contributed by atoms with Crippen molar-refractivity contribution in [3.63, 3.8) is 0 Å². The third kappa shape index (κ3) is 441. The molecule has 0 aliphatic carbocycles. The fourth-order valence-corrected chi connectivity index (χ4v) is 0. The Kier molecular flexibility index (Phi) is 37.0. The van der Waals surface area contributed by atoms with Gasteiger partial charge in [-0.1, -0.05) is 0 Å². The van der Waals surface area contributed by atoms with Gasteiger partial charge in [0.25, 0.3) is 0 Å². The van der Waals surface area contributed by atoms with E-state index in [1.165, 1.54) is 0 Å². The van der Waals surface area contributed by atoms with Gasteiger partial charge in [0.1, 0.15) is 0 Å². The van der Waals surface area contributed by atoms with E-state index in [0.717, 1.165) is 0 Å². The Bertz CT molecular complexity index is 43.4. The predicted octanol–water partition coefficient (Wildman–Crippen LogP) is 3.73.